The summed E-state index contributed by atoms with van der Waals surface area (Å²) in [6.07, 6.45) is 4.72. The molecule has 0 saturated carbocycles. The number of benzene rings is 1. The fourth-order valence-corrected chi connectivity index (χ4v) is 2.38. The molecule has 1 aromatic rings. The quantitative estimate of drug-likeness (QED) is 0.755. The van der Waals surface area contributed by atoms with E-state index in [1.54, 1.807) is 0 Å². The minimum Gasteiger partial charge on any atom is -0.310 e. The summed E-state index contributed by atoms with van der Waals surface area (Å²) in [6.45, 7) is 9.57. The van der Waals surface area contributed by atoms with Crippen molar-refractivity contribution in [1.82, 2.24) is 5.32 Å². The Morgan fingerprint density at radius 2 is 2.19 bits per heavy atom. The first-order valence-corrected chi connectivity index (χ1v) is 6.19. The summed E-state index contributed by atoms with van der Waals surface area (Å²) in [5.74, 6) is 0.820. The zero-order valence-corrected chi connectivity index (χ0v) is 10.3. The smallest absolute Gasteiger partial charge is 0.0320 e. The number of hydrogen-bond donors (Lipinski definition) is 1. The summed E-state index contributed by atoms with van der Waals surface area (Å²) >= 11 is 0. The number of piperidine rings is 1. The van der Waals surface area contributed by atoms with E-state index in [0.717, 1.165) is 17.7 Å². The number of nitrogens with one attached hydrogen (secondary N) is 1. The van der Waals surface area contributed by atoms with Crippen LogP contribution in [0.3, 0.4) is 0 Å². The summed E-state index contributed by atoms with van der Waals surface area (Å²) in [5.41, 5.74) is 1.41. The number of hydrogen-bond acceptors (Lipinski definition) is 1. The van der Waals surface area contributed by atoms with Crippen LogP contribution in [0.1, 0.15) is 38.3 Å². The lowest BCUT2D eigenvalue weighted by Gasteiger charge is -2.28. The van der Waals surface area contributed by atoms with Crippen molar-refractivity contribution in [3.05, 3.63) is 34.2 Å². The van der Waals surface area contributed by atoms with Gasteiger partial charge in [-0.15, -0.1) is 0 Å². The molecule has 0 unspecified atom stereocenters. The summed E-state index contributed by atoms with van der Waals surface area (Å²) in [5, 5.41) is 6.00. The molecule has 2 rings (SSSR count). The fourth-order valence-electron chi connectivity index (χ4n) is 2.38. The molecule has 1 aliphatic rings. The molecule has 86 valence electrons. The molecule has 1 heterocycles. The van der Waals surface area contributed by atoms with Crippen molar-refractivity contribution in [2.45, 2.75) is 32.7 Å². The molecule has 0 aliphatic carbocycles. The first kappa shape index (κ1) is 11.4. The predicted molar refractivity (Wildman–Crippen MR) is 70.5 cm³/mol. The molecule has 0 aromatic heterocycles. The average Bonchev–Trinajstić information content (AvgIpc) is 2.31. The van der Waals surface area contributed by atoms with Gasteiger partial charge >= 0.3 is 0 Å². The summed E-state index contributed by atoms with van der Waals surface area (Å²) < 4.78 is 0. The Morgan fingerprint density at radius 3 is 2.81 bits per heavy atom. The molecule has 2 atom stereocenters. The molecule has 1 N–H and O–H groups in total. The van der Waals surface area contributed by atoms with E-state index < -0.39 is 0 Å². The molecule has 1 nitrogen and oxygen atoms in total. The molecule has 1 fully saturated rings. The lowest BCUT2D eigenvalue weighted by Crippen LogP contribution is -2.33. The molecule has 0 bridgehead atoms. The van der Waals surface area contributed by atoms with Crippen LogP contribution in [-0.4, -0.2) is 6.54 Å². The normalized spacial score (nSPS) is 27.0. The van der Waals surface area contributed by atoms with Crippen LogP contribution in [0, 0.1) is 5.92 Å². The van der Waals surface area contributed by atoms with Gasteiger partial charge in [0.25, 0.3) is 0 Å². The van der Waals surface area contributed by atoms with Gasteiger partial charge in [-0.05, 0) is 54.3 Å². The lowest BCUT2D eigenvalue weighted by atomic mass is 9.92. The van der Waals surface area contributed by atoms with Gasteiger partial charge in [0.05, 0.1) is 0 Å². The van der Waals surface area contributed by atoms with E-state index in [2.05, 4.69) is 50.0 Å². The van der Waals surface area contributed by atoms with Gasteiger partial charge in [0, 0.05) is 6.04 Å². The van der Waals surface area contributed by atoms with Crippen LogP contribution < -0.4 is 15.8 Å². The van der Waals surface area contributed by atoms with Gasteiger partial charge in [-0.1, -0.05) is 31.7 Å². The molecule has 0 amide bonds. The van der Waals surface area contributed by atoms with Crippen molar-refractivity contribution in [2.75, 3.05) is 6.54 Å². The highest BCUT2D eigenvalue weighted by molar-refractivity contribution is 5.30. The van der Waals surface area contributed by atoms with Gasteiger partial charge in [0.1, 0.15) is 0 Å². The summed E-state index contributed by atoms with van der Waals surface area (Å²) in [6, 6.07) is 7.15. The highest BCUT2D eigenvalue weighted by Crippen LogP contribution is 2.24. The first-order valence-electron chi connectivity index (χ1n) is 6.19. The van der Waals surface area contributed by atoms with Crippen molar-refractivity contribution in [1.29, 1.82) is 0 Å². The highest BCUT2D eigenvalue weighted by atomic mass is 14.9. The Bertz CT molecular complexity index is 453. The Labute approximate surface area is 97.9 Å². The average molecular weight is 215 g/mol. The van der Waals surface area contributed by atoms with Crippen molar-refractivity contribution < 1.29 is 0 Å². The van der Waals surface area contributed by atoms with Crippen LogP contribution in [0.2, 0.25) is 0 Å². The van der Waals surface area contributed by atoms with Crippen molar-refractivity contribution in [2.24, 2.45) is 5.92 Å². The van der Waals surface area contributed by atoms with Gasteiger partial charge in [0.2, 0.25) is 0 Å². The van der Waals surface area contributed by atoms with Gasteiger partial charge < -0.3 is 5.32 Å². The highest BCUT2D eigenvalue weighted by Gasteiger charge is 2.18. The van der Waals surface area contributed by atoms with E-state index in [1.807, 2.05) is 0 Å². The van der Waals surface area contributed by atoms with Crippen LogP contribution in [0.15, 0.2) is 18.2 Å². The van der Waals surface area contributed by atoms with E-state index >= 15 is 0 Å². The monoisotopic (exact) mass is 215 g/mol. The fraction of sp³-hybridized carbons (Fsp3) is 0.467. The Morgan fingerprint density at radius 1 is 1.38 bits per heavy atom. The first-order chi connectivity index (χ1) is 7.70. The minimum absolute atomic E-state index is 0.537. The van der Waals surface area contributed by atoms with Crippen LogP contribution in [0.4, 0.5) is 0 Å². The maximum atomic E-state index is 4.04. The van der Waals surface area contributed by atoms with Gasteiger partial charge in [-0.3, -0.25) is 0 Å². The summed E-state index contributed by atoms with van der Waals surface area (Å²) in [4.78, 5) is 0. The van der Waals surface area contributed by atoms with Crippen molar-refractivity contribution in [3.8, 4) is 0 Å². The van der Waals surface area contributed by atoms with Gasteiger partial charge in [0.15, 0.2) is 0 Å². The maximum absolute atomic E-state index is 4.04. The second-order valence-corrected chi connectivity index (χ2v) is 4.89. The van der Waals surface area contributed by atoms with Crippen molar-refractivity contribution in [3.63, 3.8) is 0 Å². The molecule has 1 heteroatoms. The Balaban J connectivity index is 2.25. The zero-order valence-electron chi connectivity index (χ0n) is 10.3. The maximum Gasteiger partial charge on any atom is 0.0320 e. The number of rotatable bonds is 1. The lowest BCUT2D eigenvalue weighted by molar-refractivity contribution is 0.333. The largest absolute Gasteiger partial charge is 0.310 e. The third-order valence-corrected chi connectivity index (χ3v) is 3.54. The summed E-state index contributed by atoms with van der Waals surface area (Å²) in [7, 11) is 0. The third kappa shape index (κ3) is 2.35. The molecule has 0 spiro atoms. The Hall–Kier alpha value is -1.08. The third-order valence-electron chi connectivity index (χ3n) is 3.54. The van der Waals surface area contributed by atoms with Crippen LogP contribution in [0.25, 0.3) is 12.7 Å². The van der Waals surface area contributed by atoms with E-state index in [-0.39, 0.29) is 0 Å². The van der Waals surface area contributed by atoms with Crippen molar-refractivity contribution >= 4 is 12.7 Å². The topological polar surface area (TPSA) is 12.0 Å². The van der Waals surface area contributed by atoms with Crippen LogP contribution >= 0.6 is 0 Å². The molecule has 1 aromatic carbocycles. The molecular formula is C15H21N. The second-order valence-electron chi connectivity index (χ2n) is 4.89. The molecule has 1 saturated heterocycles. The molecule has 0 radical (unpaired) electrons. The van der Waals surface area contributed by atoms with E-state index in [4.69, 9.17) is 0 Å². The predicted octanol–water partition coefficient (Wildman–Crippen LogP) is 1.96. The SMILES string of the molecule is C=c1ccc([C@H]2CC[C@H](C)CN2)c/c1=C/C. The molecule has 1 aliphatic heterocycles. The van der Waals surface area contributed by atoms with Crippen LogP contribution in [-0.2, 0) is 0 Å². The Kier molecular flexibility index (Phi) is 3.45. The van der Waals surface area contributed by atoms with E-state index in [9.17, 15) is 0 Å². The van der Waals surface area contributed by atoms with Gasteiger partial charge in [-0.25, -0.2) is 0 Å². The second kappa shape index (κ2) is 4.84. The van der Waals surface area contributed by atoms with Crippen LogP contribution in [0.5, 0.6) is 0 Å². The van der Waals surface area contributed by atoms with E-state index in [0.29, 0.717) is 6.04 Å². The zero-order chi connectivity index (χ0) is 11.5. The standard InChI is InChI=1S/C15H21N/c1-4-13-9-14(7-6-12(13)3)15-8-5-11(2)10-16-15/h4,6-7,9,11,15-16H,3,5,8,10H2,1-2H3/b13-4-/t11-,15+/m0/s1. The molecule has 16 heavy (non-hydrogen) atoms. The van der Waals surface area contributed by atoms with E-state index in [1.165, 1.54) is 23.6 Å². The van der Waals surface area contributed by atoms with Gasteiger partial charge in [-0.2, -0.15) is 0 Å². The minimum atomic E-state index is 0.537. The molecular weight excluding hydrogens is 194 g/mol.